The number of ether oxygens (including phenoxy) is 1. The number of carbonyl (C=O) groups excluding carboxylic acids is 1. The number of para-hydroxylation sites is 1. The van der Waals surface area contributed by atoms with E-state index in [9.17, 15) is 20.0 Å². The first-order valence-corrected chi connectivity index (χ1v) is 6.51. The average Bonchev–Trinajstić information content (AvgIpc) is 2.54. The number of hydrogen-bond donors (Lipinski definition) is 1. The van der Waals surface area contributed by atoms with Crippen LogP contribution in [0.4, 0.5) is 11.4 Å². The Hall–Kier alpha value is -3.42. The number of benzene rings is 2. The minimum Gasteiger partial charge on any atom is -0.546 e. The highest BCUT2D eigenvalue weighted by Crippen LogP contribution is 2.17. The highest BCUT2D eigenvalue weighted by molar-refractivity contribution is 5.85. The lowest BCUT2D eigenvalue weighted by atomic mass is 10.2. The number of hydrogen-bond acceptors (Lipinski definition) is 7. The van der Waals surface area contributed by atoms with Crippen molar-refractivity contribution in [2.45, 2.75) is 0 Å². The van der Waals surface area contributed by atoms with Gasteiger partial charge in [-0.15, -0.1) is 0 Å². The van der Waals surface area contributed by atoms with E-state index in [1.807, 2.05) is 0 Å². The van der Waals surface area contributed by atoms with Crippen LogP contribution in [-0.4, -0.2) is 23.7 Å². The number of hydrazone groups is 1. The zero-order valence-electron chi connectivity index (χ0n) is 11.8. The Morgan fingerprint density at radius 2 is 1.91 bits per heavy atom. The van der Waals surface area contributed by atoms with Crippen LogP contribution in [-0.2, 0) is 4.79 Å². The van der Waals surface area contributed by atoms with Gasteiger partial charge in [-0.05, 0) is 30.3 Å². The van der Waals surface area contributed by atoms with Crippen LogP contribution < -0.4 is 15.3 Å². The molecule has 2 aromatic rings. The lowest BCUT2D eigenvalue weighted by Gasteiger charge is -2.07. The molecule has 0 aliphatic heterocycles. The lowest BCUT2D eigenvalue weighted by Crippen LogP contribution is -2.28. The molecule has 8 heteroatoms. The van der Waals surface area contributed by atoms with Gasteiger partial charge in [0, 0.05) is 6.07 Å². The molecular formula is C15H12N3O5-. The Kier molecular flexibility index (Phi) is 5.24. The summed E-state index contributed by atoms with van der Waals surface area (Å²) in [6, 6.07) is 12.6. The Morgan fingerprint density at radius 3 is 2.57 bits per heavy atom. The van der Waals surface area contributed by atoms with Crippen molar-refractivity contribution < 1.29 is 19.6 Å². The van der Waals surface area contributed by atoms with E-state index >= 15 is 0 Å². The quantitative estimate of drug-likeness (QED) is 0.466. The van der Waals surface area contributed by atoms with Crippen LogP contribution in [0.5, 0.6) is 5.75 Å². The fraction of sp³-hybridized carbons (Fsp3) is 0.0667. The Bertz CT molecular complexity index is 728. The average molecular weight is 314 g/mol. The second-order valence-corrected chi connectivity index (χ2v) is 4.37. The van der Waals surface area contributed by atoms with E-state index in [0.717, 1.165) is 0 Å². The number of rotatable bonds is 7. The Labute approximate surface area is 131 Å². The molecule has 2 aromatic carbocycles. The predicted octanol–water partition coefficient (Wildman–Crippen LogP) is 1.17. The van der Waals surface area contributed by atoms with E-state index in [1.165, 1.54) is 12.3 Å². The van der Waals surface area contributed by atoms with Gasteiger partial charge in [-0.1, -0.05) is 12.1 Å². The fourth-order valence-electron chi connectivity index (χ4n) is 1.71. The molecule has 23 heavy (non-hydrogen) atoms. The number of carboxylic acid groups (broad SMARTS) is 1. The maximum atomic E-state index is 10.9. The second-order valence-electron chi connectivity index (χ2n) is 4.37. The molecule has 0 aliphatic rings. The molecule has 0 atom stereocenters. The van der Waals surface area contributed by atoms with Crippen LogP contribution >= 0.6 is 0 Å². The molecule has 0 saturated carbocycles. The maximum absolute atomic E-state index is 10.9. The molecule has 0 fully saturated rings. The molecule has 0 amide bonds. The van der Waals surface area contributed by atoms with Crippen molar-refractivity contribution in [1.82, 2.24) is 0 Å². The van der Waals surface area contributed by atoms with Crippen molar-refractivity contribution in [2.24, 2.45) is 5.10 Å². The number of aliphatic carboxylic acids is 1. The molecule has 0 spiro atoms. The van der Waals surface area contributed by atoms with Gasteiger partial charge in [0.05, 0.1) is 28.4 Å². The molecule has 2 rings (SSSR count). The molecule has 1 N–H and O–H groups in total. The second kappa shape index (κ2) is 7.55. The summed E-state index contributed by atoms with van der Waals surface area (Å²) in [6.45, 7) is -0.525. The summed E-state index contributed by atoms with van der Waals surface area (Å²) in [5.74, 6) is -0.927. The Morgan fingerprint density at radius 1 is 1.22 bits per heavy atom. The summed E-state index contributed by atoms with van der Waals surface area (Å²) in [4.78, 5) is 20.7. The topological polar surface area (TPSA) is 117 Å². The van der Waals surface area contributed by atoms with Crippen LogP contribution in [0.15, 0.2) is 53.6 Å². The molecule has 0 radical (unpaired) electrons. The van der Waals surface area contributed by atoms with Crippen LogP contribution in [0.3, 0.4) is 0 Å². The molecule has 0 unspecified atom stereocenters. The molecule has 0 aliphatic carbocycles. The van der Waals surface area contributed by atoms with Crippen molar-refractivity contribution in [2.75, 3.05) is 12.0 Å². The minimum absolute atomic E-state index is 0.0379. The van der Waals surface area contributed by atoms with Crippen LogP contribution in [0.1, 0.15) is 5.56 Å². The van der Waals surface area contributed by atoms with Crippen molar-refractivity contribution in [3.8, 4) is 5.75 Å². The number of carboxylic acids is 1. The lowest BCUT2D eigenvalue weighted by molar-refractivity contribution is -0.385. The fourth-order valence-corrected chi connectivity index (χ4v) is 1.71. The van der Waals surface area contributed by atoms with Crippen molar-refractivity contribution in [3.05, 3.63) is 64.2 Å². The third kappa shape index (κ3) is 4.81. The van der Waals surface area contributed by atoms with Gasteiger partial charge < -0.3 is 14.6 Å². The monoisotopic (exact) mass is 314 g/mol. The molecule has 8 nitrogen and oxygen atoms in total. The van der Waals surface area contributed by atoms with Gasteiger partial charge in [0.1, 0.15) is 12.4 Å². The zero-order chi connectivity index (χ0) is 16.7. The summed E-state index contributed by atoms with van der Waals surface area (Å²) in [6.07, 6.45) is 1.35. The zero-order valence-corrected chi connectivity index (χ0v) is 11.8. The number of carbonyl (C=O) groups is 1. The van der Waals surface area contributed by atoms with Gasteiger partial charge in [-0.25, -0.2) is 0 Å². The molecular weight excluding hydrogens is 302 g/mol. The first-order chi connectivity index (χ1) is 11.1. The Balaban J connectivity index is 1.98. The molecule has 0 bridgehead atoms. The van der Waals surface area contributed by atoms with Gasteiger partial charge in [0.2, 0.25) is 0 Å². The third-order valence-electron chi connectivity index (χ3n) is 2.74. The summed E-state index contributed by atoms with van der Waals surface area (Å²) >= 11 is 0. The number of nitrogens with one attached hydrogen (secondary N) is 1. The first kappa shape index (κ1) is 16.0. The number of nitro groups is 1. The SMILES string of the molecule is O=C([O-])COc1ccc(N/N=C\c2ccccc2[N+](=O)[O-])cc1. The van der Waals surface area contributed by atoms with Gasteiger partial charge in [0.25, 0.3) is 5.69 Å². The normalized spacial score (nSPS) is 10.4. The summed E-state index contributed by atoms with van der Waals surface area (Å²) in [5.41, 5.74) is 3.66. The number of nitrogens with zero attached hydrogens (tertiary/aromatic N) is 2. The standard InChI is InChI=1S/C15H13N3O5/c19-15(20)10-23-13-7-5-12(6-8-13)17-16-9-11-3-1-2-4-14(11)18(21)22/h1-9,17H,10H2,(H,19,20)/p-1/b16-9-. The molecule has 118 valence electrons. The smallest absolute Gasteiger partial charge is 0.278 e. The van der Waals surface area contributed by atoms with Gasteiger partial charge in [0.15, 0.2) is 0 Å². The first-order valence-electron chi connectivity index (χ1n) is 6.51. The van der Waals surface area contributed by atoms with E-state index in [1.54, 1.807) is 42.5 Å². The molecule has 0 heterocycles. The minimum atomic E-state index is -1.30. The van der Waals surface area contributed by atoms with Crippen LogP contribution in [0.2, 0.25) is 0 Å². The van der Waals surface area contributed by atoms with E-state index in [-0.39, 0.29) is 5.69 Å². The largest absolute Gasteiger partial charge is 0.546 e. The van der Waals surface area contributed by atoms with Crippen LogP contribution in [0.25, 0.3) is 0 Å². The number of nitro benzene ring substituents is 1. The molecule has 0 aromatic heterocycles. The van der Waals surface area contributed by atoms with Gasteiger partial charge >= 0.3 is 0 Å². The third-order valence-corrected chi connectivity index (χ3v) is 2.74. The van der Waals surface area contributed by atoms with E-state index in [2.05, 4.69) is 10.5 Å². The summed E-state index contributed by atoms with van der Waals surface area (Å²) < 4.78 is 4.94. The summed E-state index contributed by atoms with van der Waals surface area (Å²) in [7, 11) is 0. The van der Waals surface area contributed by atoms with E-state index in [4.69, 9.17) is 4.74 Å². The predicted molar refractivity (Wildman–Crippen MR) is 81.3 cm³/mol. The highest BCUT2D eigenvalue weighted by atomic mass is 16.6. The molecule has 0 saturated heterocycles. The van der Waals surface area contributed by atoms with Crippen molar-refractivity contribution >= 4 is 23.6 Å². The highest BCUT2D eigenvalue weighted by Gasteiger charge is 2.09. The van der Waals surface area contributed by atoms with E-state index < -0.39 is 17.5 Å². The number of anilines is 1. The van der Waals surface area contributed by atoms with Crippen LogP contribution in [0, 0.1) is 10.1 Å². The van der Waals surface area contributed by atoms with Gasteiger partial charge in [-0.3, -0.25) is 15.5 Å². The van der Waals surface area contributed by atoms with Gasteiger partial charge in [-0.2, -0.15) is 5.10 Å². The maximum Gasteiger partial charge on any atom is 0.278 e. The van der Waals surface area contributed by atoms with Crippen molar-refractivity contribution in [3.63, 3.8) is 0 Å². The summed E-state index contributed by atoms with van der Waals surface area (Å²) in [5, 5.41) is 25.1. The van der Waals surface area contributed by atoms with Crippen molar-refractivity contribution in [1.29, 1.82) is 0 Å². The van der Waals surface area contributed by atoms with E-state index in [0.29, 0.717) is 17.0 Å².